The molecule has 3 aromatic rings. The van der Waals surface area contributed by atoms with E-state index < -0.39 is 0 Å². The number of benzene rings is 1. The number of pyridine rings is 2. The van der Waals surface area contributed by atoms with Gasteiger partial charge in [-0.25, -0.2) is 4.39 Å². The van der Waals surface area contributed by atoms with Crippen LogP contribution in [0.5, 0.6) is 0 Å². The molecule has 0 aliphatic carbocycles. The van der Waals surface area contributed by atoms with Crippen LogP contribution in [0.2, 0.25) is 0 Å². The van der Waals surface area contributed by atoms with Crippen molar-refractivity contribution in [3.8, 4) is 0 Å². The third kappa shape index (κ3) is 3.66. The fraction of sp³-hybridized carbons (Fsp3) is 0.348. The van der Waals surface area contributed by atoms with Gasteiger partial charge in [-0.2, -0.15) is 0 Å². The van der Waals surface area contributed by atoms with Gasteiger partial charge in [0.1, 0.15) is 5.82 Å². The molecule has 0 spiro atoms. The van der Waals surface area contributed by atoms with Crippen LogP contribution >= 0.6 is 0 Å². The summed E-state index contributed by atoms with van der Waals surface area (Å²) in [4.78, 5) is 25.1. The van der Waals surface area contributed by atoms with Gasteiger partial charge >= 0.3 is 0 Å². The molecule has 6 nitrogen and oxygen atoms in total. The van der Waals surface area contributed by atoms with Crippen molar-refractivity contribution >= 4 is 22.5 Å². The van der Waals surface area contributed by atoms with Gasteiger partial charge in [-0.15, -0.1) is 4.98 Å². The van der Waals surface area contributed by atoms with Gasteiger partial charge in [0.15, 0.2) is 0 Å². The number of fused-ring (bicyclic) bond motifs is 1. The van der Waals surface area contributed by atoms with Crippen LogP contribution in [0.25, 0.3) is 15.9 Å². The smallest absolute Gasteiger partial charge is 0.270 e. The maximum absolute atomic E-state index is 13.6. The molecule has 7 heteroatoms. The zero-order valence-corrected chi connectivity index (χ0v) is 17.3. The second-order valence-corrected chi connectivity index (χ2v) is 7.99. The highest BCUT2D eigenvalue weighted by Gasteiger charge is 2.31. The van der Waals surface area contributed by atoms with Crippen molar-refractivity contribution < 1.29 is 4.39 Å². The second-order valence-electron chi connectivity index (χ2n) is 7.99. The molecule has 1 aliphatic heterocycles. The van der Waals surface area contributed by atoms with Gasteiger partial charge in [0.25, 0.3) is 11.4 Å². The molecular formula is C23H24FN5O. The maximum Gasteiger partial charge on any atom is 0.270 e. The lowest BCUT2D eigenvalue weighted by Crippen LogP contribution is -2.56. The quantitative estimate of drug-likeness (QED) is 0.623. The molecule has 30 heavy (non-hydrogen) atoms. The van der Waals surface area contributed by atoms with Gasteiger partial charge in [0.2, 0.25) is 5.52 Å². The molecule has 0 unspecified atom stereocenters. The van der Waals surface area contributed by atoms with Gasteiger partial charge in [-0.1, -0.05) is 18.7 Å². The molecule has 3 heterocycles. The van der Waals surface area contributed by atoms with Crippen LogP contribution in [0.15, 0.2) is 47.3 Å². The molecule has 1 aromatic carbocycles. The number of hydrogen-bond donors (Lipinski definition) is 0. The third-order valence-corrected chi connectivity index (χ3v) is 5.87. The zero-order valence-electron chi connectivity index (χ0n) is 17.3. The maximum atomic E-state index is 13.6. The topological polar surface area (TPSA) is 45.7 Å². The van der Waals surface area contributed by atoms with Crippen molar-refractivity contribution in [1.29, 1.82) is 0 Å². The minimum atomic E-state index is -0.222. The SMILES string of the molecule is [C-]#[N+]c1ccc2c(n1)c(N1C[C@@H](C)N(Cc3cccc(F)c3)C[C@@H]1C)cc(=O)n2C. The fourth-order valence-corrected chi connectivity index (χ4v) is 4.21. The van der Waals surface area contributed by atoms with E-state index in [0.29, 0.717) is 29.9 Å². The molecule has 154 valence electrons. The van der Waals surface area contributed by atoms with Crippen LogP contribution in [0.1, 0.15) is 19.4 Å². The molecule has 1 aliphatic rings. The molecule has 0 radical (unpaired) electrons. The predicted molar refractivity (Wildman–Crippen MR) is 116 cm³/mol. The first-order valence-electron chi connectivity index (χ1n) is 10.0. The Hall–Kier alpha value is -3.24. The van der Waals surface area contributed by atoms with E-state index in [2.05, 4.69) is 33.5 Å². The van der Waals surface area contributed by atoms with Gasteiger partial charge in [0.05, 0.1) is 11.2 Å². The standard InChI is InChI=1S/C23H24FN5O/c1-15-13-29(16(2)12-28(15)14-17-6-5-7-18(24)10-17)20-11-22(30)27(4)19-8-9-21(25-3)26-23(19)20/h5-11,15-16H,12-14H2,1-2,4H3/t15-,16+/m1/s1. The summed E-state index contributed by atoms with van der Waals surface area (Å²) in [5.74, 6) is 0.0907. The van der Waals surface area contributed by atoms with Crippen molar-refractivity contribution in [3.63, 3.8) is 0 Å². The Morgan fingerprint density at radius 2 is 1.97 bits per heavy atom. The van der Waals surface area contributed by atoms with Crippen LogP contribution in [-0.2, 0) is 13.6 Å². The van der Waals surface area contributed by atoms with Crippen LogP contribution in [0.4, 0.5) is 15.9 Å². The lowest BCUT2D eigenvalue weighted by molar-refractivity contribution is 0.158. The largest absolute Gasteiger partial charge is 0.362 e. The summed E-state index contributed by atoms with van der Waals surface area (Å²) < 4.78 is 15.1. The number of rotatable bonds is 3. The monoisotopic (exact) mass is 405 g/mol. The van der Waals surface area contributed by atoms with Crippen molar-refractivity contribution in [2.45, 2.75) is 32.5 Å². The fourth-order valence-electron chi connectivity index (χ4n) is 4.21. The number of anilines is 1. The van der Waals surface area contributed by atoms with E-state index in [0.717, 1.165) is 17.8 Å². The molecule has 0 N–H and O–H groups in total. The third-order valence-electron chi connectivity index (χ3n) is 5.87. The second kappa shape index (κ2) is 7.88. The minimum Gasteiger partial charge on any atom is -0.362 e. The van der Waals surface area contributed by atoms with Gasteiger partial charge in [0, 0.05) is 44.8 Å². The van der Waals surface area contributed by atoms with Crippen molar-refractivity contribution in [3.05, 3.63) is 75.6 Å². The van der Waals surface area contributed by atoms with Crippen LogP contribution < -0.4 is 10.5 Å². The number of nitrogens with zero attached hydrogens (tertiary/aromatic N) is 5. The Morgan fingerprint density at radius 3 is 2.70 bits per heavy atom. The van der Waals surface area contributed by atoms with Crippen LogP contribution in [0, 0.1) is 12.4 Å². The summed E-state index contributed by atoms with van der Waals surface area (Å²) in [5.41, 5.74) is 3.00. The Kier molecular flexibility index (Phi) is 5.27. The molecule has 0 saturated carbocycles. The molecule has 1 fully saturated rings. The van der Waals surface area contributed by atoms with Gasteiger partial charge in [-0.3, -0.25) is 9.69 Å². The highest BCUT2D eigenvalue weighted by Crippen LogP contribution is 2.30. The minimum absolute atomic E-state index is 0.100. The summed E-state index contributed by atoms with van der Waals surface area (Å²) in [7, 11) is 1.72. The number of halogens is 1. The number of piperazine rings is 1. The van der Waals surface area contributed by atoms with Crippen LogP contribution in [-0.4, -0.2) is 39.6 Å². The van der Waals surface area contributed by atoms with Gasteiger partial charge < -0.3 is 14.3 Å². The van der Waals surface area contributed by atoms with E-state index in [-0.39, 0.29) is 23.5 Å². The van der Waals surface area contributed by atoms with E-state index >= 15 is 0 Å². The first-order chi connectivity index (χ1) is 14.4. The molecular weight excluding hydrogens is 381 g/mol. The van der Waals surface area contributed by atoms with E-state index in [1.54, 1.807) is 41.9 Å². The van der Waals surface area contributed by atoms with Crippen molar-refractivity contribution in [1.82, 2.24) is 14.5 Å². The van der Waals surface area contributed by atoms with Crippen molar-refractivity contribution in [2.75, 3.05) is 18.0 Å². The number of aromatic nitrogens is 2. The van der Waals surface area contributed by atoms with E-state index in [9.17, 15) is 9.18 Å². The van der Waals surface area contributed by atoms with E-state index in [1.165, 1.54) is 6.07 Å². The zero-order chi connectivity index (χ0) is 21.4. The molecule has 4 rings (SSSR count). The summed E-state index contributed by atoms with van der Waals surface area (Å²) >= 11 is 0. The molecule has 0 amide bonds. The lowest BCUT2D eigenvalue weighted by atomic mass is 10.0. The van der Waals surface area contributed by atoms with Gasteiger partial charge in [-0.05, 0) is 43.7 Å². The summed E-state index contributed by atoms with van der Waals surface area (Å²) in [6.45, 7) is 13.7. The van der Waals surface area contributed by atoms with Crippen LogP contribution in [0.3, 0.4) is 0 Å². The Bertz CT molecular complexity index is 1200. The lowest BCUT2D eigenvalue weighted by Gasteiger charge is -2.45. The molecule has 0 bridgehead atoms. The molecule has 2 aromatic heterocycles. The first-order valence-corrected chi connectivity index (χ1v) is 10.0. The Balaban J connectivity index is 1.67. The number of aryl methyl sites for hydroxylation is 1. The average Bonchev–Trinajstić information content (AvgIpc) is 2.73. The average molecular weight is 405 g/mol. The summed E-state index contributed by atoms with van der Waals surface area (Å²) in [6.07, 6.45) is 0. The Morgan fingerprint density at radius 1 is 1.17 bits per heavy atom. The van der Waals surface area contributed by atoms with Crippen molar-refractivity contribution in [2.24, 2.45) is 7.05 Å². The first kappa shape index (κ1) is 20.0. The Labute approximate surface area is 175 Å². The van der Waals surface area contributed by atoms with E-state index in [1.807, 2.05) is 6.07 Å². The predicted octanol–water partition coefficient (Wildman–Crippen LogP) is 3.72. The van der Waals surface area contributed by atoms with E-state index in [4.69, 9.17) is 6.57 Å². The normalized spacial score (nSPS) is 19.8. The highest BCUT2D eigenvalue weighted by molar-refractivity contribution is 5.89. The number of hydrogen-bond acceptors (Lipinski definition) is 4. The molecule has 1 saturated heterocycles. The molecule has 2 atom stereocenters. The highest BCUT2D eigenvalue weighted by atomic mass is 19.1. The summed E-state index contributed by atoms with van der Waals surface area (Å²) in [6, 6.07) is 12.1. The summed E-state index contributed by atoms with van der Waals surface area (Å²) in [5, 5.41) is 0.